The van der Waals surface area contributed by atoms with Crippen molar-refractivity contribution < 1.29 is 9.84 Å². The monoisotopic (exact) mass is 407 g/mol. The summed E-state index contributed by atoms with van der Waals surface area (Å²) < 4.78 is 6.45. The molecule has 0 radical (unpaired) electrons. The summed E-state index contributed by atoms with van der Waals surface area (Å²) in [6.45, 7) is 0.820. The lowest BCUT2D eigenvalue weighted by Crippen LogP contribution is -2.42. The minimum atomic E-state index is -0.550. The Morgan fingerprint density at radius 3 is 2.45 bits per heavy atom. The van der Waals surface area contributed by atoms with Crippen LogP contribution in [0.5, 0.6) is 0 Å². The molecule has 3 aliphatic rings. The van der Waals surface area contributed by atoms with Crippen LogP contribution < -0.4 is 5.32 Å². The number of aliphatic hydroxyl groups excluding tert-OH is 1. The maximum atomic E-state index is 11.3. The van der Waals surface area contributed by atoms with E-state index in [0.717, 1.165) is 47.7 Å². The highest BCUT2D eigenvalue weighted by Crippen LogP contribution is 2.56. The molecule has 1 aliphatic heterocycles. The van der Waals surface area contributed by atoms with E-state index in [1.54, 1.807) is 0 Å². The second kappa shape index (κ2) is 7.98. The molecule has 150 valence electrons. The topological polar surface area (TPSA) is 41.5 Å². The van der Waals surface area contributed by atoms with Crippen LogP contribution >= 0.6 is 11.6 Å². The number of hydrogen-bond donors (Lipinski definition) is 2. The first-order valence-electron chi connectivity index (χ1n) is 10.5. The van der Waals surface area contributed by atoms with Crippen LogP contribution in [0.15, 0.2) is 83.1 Å². The fourth-order valence-electron chi connectivity index (χ4n) is 4.70. The molecule has 4 heteroatoms. The van der Waals surface area contributed by atoms with Crippen molar-refractivity contribution in [3.05, 3.63) is 94.2 Å². The number of hydrogen-bond acceptors (Lipinski definition) is 3. The van der Waals surface area contributed by atoms with E-state index >= 15 is 0 Å². The molecule has 2 aromatic rings. The van der Waals surface area contributed by atoms with E-state index in [9.17, 15) is 5.11 Å². The van der Waals surface area contributed by atoms with Crippen LogP contribution in [0.1, 0.15) is 30.1 Å². The minimum absolute atomic E-state index is 0.0528. The van der Waals surface area contributed by atoms with E-state index in [4.69, 9.17) is 16.3 Å². The van der Waals surface area contributed by atoms with Crippen molar-refractivity contribution in [3.63, 3.8) is 0 Å². The van der Waals surface area contributed by atoms with Gasteiger partial charge in [0.15, 0.2) is 0 Å². The smallest absolute Gasteiger partial charge is 0.125 e. The highest BCUT2D eigenvalue weighted by atomic mass is 35.5. The number of ether oxygens (including phenoxy) is 1. The molecule has 1 saturated carbocycles. The molecule has 0 bridgehead atoms. The number of rotatable bonds is 5. The van der Waals surface area contributed by atoms with Gasteiger partial charge in [-0.25, -0.2) is 0 Å². The number of aliphatic hydroxyl groups is 1. The van der Waals surface area contributed by atoms with E-state index in [1.807, 2.05) is 30.3 Å². The van der Waals surface area contributed by atoms with E-state index in [0.29, 0.717) is 11.8 Å². The van der Waals surface area contributed by atoms with Crippen molar-refractivity contribution in [1.82, 2.24) is 5.32 Å². The van der Waals surface area contributed by atoms with Crippen molar-refractivity contribution in [1.29, 1.82) is 0 Å². The third-order valence-electron chi connectivity index (χ3n) is 6.37. The van der Waals surface area contributed by atoms with Crippen molar-refractivity contribution >= 4 is 11.6 Å². The molecule has 0 spiro atoms. The number of benzene rings is 2. The van der Waals surface area contributed by atoms with Gasteiger partial charge in [-0.3, -0.25) is 0 Å². The van der Waals surface area contributed by atoms with Gasteiger partial charge in [0.1, 0.15) is 11.9 Å². The number of halogens is 1. The van der Waals surface area contributed by atoms with Gasteiger partial charge in [-0.2, -0.15) is 0 Å². The molecule has 2 N–H and O–H groups in total. The number of allylic oxidation sites excluding steroid dienone is 2. The molecule has 1 heterocycles. The van der Waals surface area contributed by atoms with Gasteiger partial charge in [-0.05, 0) is 42.5 Å². The van der Waals surface area contributed by atoms with Gasteiger partial charge in [0.25, 0.3) is 0 Å². The van der Waals surface area contributed by atoms with Gasteiger partial charge in [0.05, 0.1) is 6.10 Å². The Balaban J connectivity index is 1.39. The van der Waals surface area contributed by atoms with Crippen LogP contribution in [0.2, 0.25) is 0 Å². The third-order valence-corrected chi connectivity index (χ3v) is 6.76. The summed E-state index contributed by atoms with van der Waals surface area (Å²) in [6.07, 6.45) is 3.95. The van der Waals surface area contributed by atoms with Crippen LogP contribution in [0.4, 0.5) is 0 Å². The summed E-state index contributed by atoms with van der Waals surface area (Å²) in [5.74, 6) is 1.47. The fourth-order valence-corrected chi connectivity index (χ4v) is 5.04. The molecule has 2 aromatic carbocycles. The predicted octanol–water partition coefficient (Wildman–Crippen LogP) is 4.74. The summed E-state index contributed by atoms with van der Waals surface area (Å²) in [4.78, 5) is 0. The minimum Gasteiger partial charge on any atom is -0.486 e. The Morgan fingerprint density at radius 1 is 0.966 bits per heavy atom. The highest BCUT2D eigenvalue weighted by molar-refractivity contribution is 6.30. The molecule has 5 atom stereocenters. The van der Waals surface area contributed by atoms with E-state index in [1.165, 1.54) is 5.56 Å². The van der Waals surface area contributed by atoms with Crippen LogP contribution in [0.3, 0.4) is 0 Å². The summed E-state index contributed by atoms with van der Waals surface area (Å²) in [6, 6.07) is 20.7. The first-order chi connectivity index (χ1) is 14.2. The summed E-state index contributed by atoms with van der Waals surface area (Å²) in [7, 11) is 0. The molecule has 29 heavy (non-hydrogen) atoms. The second-order valence-electron chi connectivity index (χ2n) is 8.29. The normalized spacial score (nSPS) is 30.6. The quantitative estimate of drug-likeness (QED) is 0.752. The Labute approximate surface area is 177 Å². The first kappa shape index (κ1) is 18.9. The summed E-state index contributed by atoms with van der Waals surface area (Å²) in [5.41, 5.74) is 3.47. The van der Waals surface area contributed by atoms with Gasteiger partial charge >= 0.3 is 0 Å². The van der Waals surface area contributed by atoms with Gasteiger partial charge in [0, 0.05) is 29.0 Å². The lowest BCUT2D eigenvalue weighted by atomic mass is 9.91. The average molecular weight is 408 g/mol. The highest BCUT2D eigenvalue weighted by Gasteiger charge is 2.50. The Kier molecular flexibility index (Phi) is 5.21. The van der Waals surface area contributed by atoms with E-state index in [-0.39, 0.29) is 12.1 Å². The molecule has 2 aliphatic carbocycles. The molecule has 3 nitrogen and oxygen atoms in total. The zero-order chi connectivity index (χ0) is 19.8. The van der Waals surface area contributed by atoms with Crippen molar-refractivity contribution in [2.24, 2.45) is 11.8 Å². The molecule has 5 unspecified atom stereocenters. The van der Waals surface area contributed by atoms with Gasteiger partial charge in [-0.15, -0.1) is 0 Å². The van der Waals surface area contributed by atoms with Crippen LogP contribution in [0.25, 0.3) is 0 Å². The Bertz CT molecular complexity index is 924. The predicted molar refractivity (Wildman–Crippen MR) is 115 cm³/mol. The molecule has 1 fully saturated rings. The molecule has 0 aromatic heterocycles. The molecule has 0 amide bonds. The Morgan fingerprint density at radius 2 is 1.69 bits per heavy atom. The summed E-state index contributed by atoms with van der Waals surface area (Å²) in [5, 5.41) is 15.8. The Hall–Kier alpha value is -2.07. The lowest BCUT2D eigenvalue weighted by Gasteiger charge is -2.26. The first-order valence-corrected chi connectivity index (χ1v) is 10.9. The number of nitrogens with one attached hydrogen (secondary N) is 1. The lowest BCUT2D eigenvalue weighted by molar-refractivity contribution is 0.100. The van der Waals surface area contributed by atoms with Gasteiger partial charge in [0.2, 0.25) is 0 Å². The molecular weight excluding hydrogens is 382 g/mol. The maximum absolute atomic E-state index is 11.3. The van der Waals surface area contributed by atoms with Gasteiger partial charge < -0.3 is 15.2 Å². The third kappa shape index (κ3) is 3.87. The van der Waals surface area contributed by atoms with E-state index in [2.05, 4.69) is 41.7 Å². The number of fused-ring (bicyclic) bond motifs is 2. The van der Waals surface area contributed by atoms with Gasteiger partial charge in [-0.1, -0.05) is 72.3 Å². The zero-order valence-electron chi connectivity index (χ0n) is 16.3. The molecule has 5 rings (SSSR count). The summed E-state index contributed by atoms with van der Waals surface area (Å²) >= 11 is 6.46. The molecular formula is C25H26ClNO2. The average Bonchev–Trinajstić information content (AvgIpc) is 3.55. The standard InChI is InChI=1S/C25H26ClNO2/c26-20-14-23-24(19-13-18(19)20)25(28)21(27-12-11-16-7-3-1-4-8-16)15-22(29-23)17-9-5-2-6-10-17/h1-10,14,18-19,21-22,25,27-28H,11-13,15H2. The van der Waals surface area contributed by atoms with E-state index < -0.39 is 6.10 Å². The maximum Gasteiger partial charge on any atom is 0.125 e. The van der Waals surface area contributed by atoms with Crippen molar-refractivity contribution in [3.8, 4) is 0 Å². The van der Waals surface area contributed by atoms with Crippen molar-refractivity contribution in [2.45, 2.75) is 37.5 Å². The van der Waals surface area contributed by atoms with Crippen molar-refractivity contribution in [2.75, 3.05) is 6.54 Å². The van der Waals surface area contributed by atoms with Crippen LogP contribution in [-0.2, 0) is 11.2 Å². The largest absolute Gasteiger partial charge is 0.486 e. The second-order valence-corrected chi connectivity index (χ2v) is 8.73. The SMILES string of the molecule is OC1C2=C(C=C(Cl)C3CC23)OC(c2ccccc2)CC1NCCc1ccccc1. The van der Waals surface area contributed by atoms with Crippen LogP contribution in [0, 0.1) is 11.8 Å². The van der Waals surface area contributed by atoms with Crippen LogP contribution in [-0.4, -0.2) is 23.8 Å². The fraction of sp³-hybridized carbons (Fsp3) is 0.360. The zero-order valence-corrected chi connectivity index (χ0v) is 17.1. The molecule has 0 saturated heterocycles.